The molecule has 5 aromatic carbocycles. The predicted molar refractivity (Wildman–Crippen MR) is 170 cm³/mol. The van der Waals surface area contributed by atoms with Gasteiger partial charge in [-0.2, -0.15) is 10.2 Å². The number of amides is 2. The molecule has 9 heteroatoms. The highest BCUT2D eigenvalue weighted by Crippen LogP contribution is 2.52. The molecule has 218 valence electrons. The number of phenolic OH excluding ortho intramolecular Hbond substituents is 1. The summed E-state index contributed by atoms with van der Waals surface area (Å²) in [6, 6.07) is 40.9. The lowest BCUT2D eigenvalue weighted by atomic mass is 9.88. The van der Waals surface area contributed by atoms with Crippen LogP contribution in [0.3, 0.4) is 0 Å². The highest BCUT2D eigenvalue weighted by atomic mass is 16.5. The number of aromatic hydroxyl groups is 1. The zero-order chi connectivity index (χ0) is 30.3. The number of ether oxygens (including phenoxy) is 2. The van der Waals surface area contributed by atoms with Crippen molar-refractivity contribution in [1.82, 2.24) is 5.12 Å². The summed E-state index contributed by atoms with van der Waals surface area (Å²) in [6.45, 7) is 0. The number of rotatable bonds is 7. The van der Waals surface area contributed by atoms with E-state index in [9.17, 15) is 5.11 Å². The van der Waals surface area contributed by atoms with E-state index in [0.717, 1.165) is 16.8 Å². The molecule has 0 aromatic heterocycles. The van der Waals surface area contributed by atoms with Gasteiger partial charge < -0.3 is 14.6 Å². The van der Waals surface area contributed by atoms with Crippen LogP contribution in [0.15, 0.2) is 139 Å². The van der Waals surface area contributed by atoms with Gasteiger partial charge in [0.05, 0.1) is 25.6 Å². The highest BCUT2D eigenvalue weighted by Gasteiger charge is 2.67. The van der Waals surface area contributed by atoms with E-state index in [4.69, 9.17) is 14.6 Å². The minimum absolute atomic E-state index is 0.0984. The third-order valence-corrected chi connectivity index (χ3v) is 7.83. The fraction of sp³-hybridized carbons (Fsp3) is 0.0857. The van der Waals surface area contributed by atoms with Crippen LogP contribution in [0.4, 0.5) is 21.9 Å². The Morgan fingerprint density at radius 3 is 1.73 bits per heavy atom. The minimum atomic E-state index is -1.28. The van der Waals surface area contributed by atoms with Crippen LogP contribution in [0.25, 0.3) is 0 Å². The molecule has 2 heterocycles. The van der Waals surface area contributed by atoms with Crippen LogP contribution in [0, 0.1) is 0 Å². The van der Waals surface area contributed by atoms with Crippen LogP contribution in [-0.2, 0) is 5.66 Å². The molecular formula is C35H29N5O4. The van der Waals surface area contributed by atoms with E-state index in [1.54, 1.807) is 53.5 Å². The second kappa shape index (κ2) is 10.8. The molecule has 5 aromatic rings. The van der Waals surface area contributed by atoms with Crippen LogP contribution in [0.1, 0.15) is 11.1 Å². The second-order valence-electron chi connectivity index (χ2n) is 10.3. The molecule has 1 atom stereocenters. The van der Waals surface area contributed by atoms with Gasteiger partial charge in [-0.1, -0.05) is 65.8 Å². The number of hydrazone groups is 1. The molecule has 2 amide bonds. The number of anilines is 3. The molecule has 0 aliphatic carbocycles. The van der Waals surface area contributed by atoms with Gasteiger partial charge in [-0.25, -0.2) is 9.80 Å². The number of hydrogen-bond donors (Lipinski definition) is 1. The fourth-order valence-corrected chi connectivity index (χ4v) is 5.81. The highest BCUT2D eigenvalue weighted by molar-refractivity contribution is 6.20. The van der Waals surface area contributed by atoms with Gasteiger partial charge in [0.2, 0.25) is 5.66 Å². The molecule has 7 rings (SSSR count). The number of hydrogen-bond acceptors (Lipinski definition) is 7. The Bertz CT molecular complexity index is 1810. The quantitative estimate of drug-likeness (QED) is 0.228. The summed E-state index contributed by atoms with van der Waals surface area (Å²) in [5.41, 5.74) is 2.92. The van der Waals surface area contributed by atoms with Crippen LogP contribution in [-0.4, -0.2) is 36.2 Å². The molecule has 0 bridgehead atoms. The summed E-state index contributed by atoms with van der Waals surface area (Å²) in [5, 5.41) is 20.8. The van der Waals surface area contributed by atoms with E-state index in [1.165, 1.54) is 0 Å². The predicted octanol–water partition coefficient (Wildman–Crippen LogP) is 6.77. The molecule has 1 saturated heterocycles. The van der Waals surface area contributed by atoms with Gasteiger partial charge >= 0.3 is 6.03 Å². The second-order valence-corrected chi connectivity index (χ2v) is 10.3. The van der Waals surface area contributed by atoms with E-state index >= 15 is 4.79 Å². The molecule has 1 unspecified atom stereocenters. The number of fused-ring (bicyclic) bond motifs is 1. The normalized spacial score (nSPS) is 17.9. The van der Waals surface area contributed by atoms with Crippen molar-refractivity contribution in [3.05, 3.63) is 145 Å². The lowest BCUT2D eigenvalue weighted by molar-refractivity contribution is 0.191. The first-order valence-electron chi connectivity index (χ1n) is 14.1. The van der Waals surface area contributed by atoms with Gasteiger partial charge in [-0.3, -0.25) is 4.90 Å². The first-order chi connectivity index (χ1) is 21.6. The van der Waals surface area contributed by atoms with E-state index < -0.39 is 5.66 Å². The van der Waals surface area contributed by atoms with Crippen LogP contribution in [0.5, 0.6) is 17.2 Å². The summed E-state index contributed by atoms with van der Waals surface area (Å²) in [7, 11) is 3.23. The Hall–Kier alpha value is -5.80. The van der Waals surface area contributed by atoms with Crippen molar-refractivity contribution in [2.24, 2.45) is 5.10 Å². The Balaban J connectivity index is 1.56. The number of urea groups is 1. The molecule has 0 saturated carbocycles. The largest absolute Gasteiger partial charge is 0.508 e. The Morgan fingerprint density at radius 2 is 1.16 bits per heavy atom. The zero-order valence-corrected chi connectivity index (χ0v) is 24.1. The number of carbonyl (C=O) groups excluding carboxylic acids is 1. The number of carbonyl (C=O) groups is 1. The SMILES string of the molecule is COc1ccc(N2N=C(c3ccccc3)C3(c4ccccc4)N(c4ccc(O)cc4)C(=O)N(c4ccc(OC)cc4)N23)cc1. The molecule has 1 N–H and O–H groups in total. The van der Waals surface area contributed by atoms with Gasteiger partial charge in [0, 0.05) is 16.8 Å². The van der Waals surface area contributed by atoms with Gasteiger partial charge in [-0.05, 0) is 72.8 Å². The molecule has 2 aliphatic heterocycles. The average molecular weight is 584 g/mol. The van der Waals surface area contributed by atoms with E-state index in [-0.39, 0.29) is 11.8 Å². The van der Waals surface area contributed by atoms with E-state index in [2.05, 4.69) is 0 Å². The van der Waals surface area contributed by atoms with Gasteiger partial charge in [0.25, 0.3) is 0 Å². The molecule has 0 radical (unpaired) electrons. The van der Waals surface area contributed by atoms with Crippen LogP contribution >= 0.6 is 0 Å². The summed E-state index contributed by atoms with van der Waals surface area (Å²) in [5.74, 6) is 1.46. The minimum Gasteiger partial charge on any atom is -0.508 e. The van der Waals surface area contributed by atoms with E-state index in [0.29, 0.717) is 28.6 Å². The van der Waals surface area contributed by atoms with Crippen molar-refractivity contribution in [3.8, 4) is 17.2 Å². The van der Waals surface area contributed by atoms with Crippen molar-refractivity contribution in [1.29, 1.82) is 0 Å². The third-order valence-electron chi connectivity index (χ3n) is 7.83. The summed E-state index contributed by atoms with van der Waals surface area (Å²) >= 11 is 0. The Labute approximate surface area is 255 Å². The first kappa shape index (κ1) is 27.1. The molecule has 0 spiro atoms. The van der Waals surface area contributed by atoms with Gasteiger partial charge in [0.15, 0.2) is 0 Å². The number of hydrazine groups is 2. The fourth-order valence-electron chi connectivity index (χ4n) is 5.81. The molecule has 44 heavy (non-hydrogen) atoms. The maximum Gasteiger partial charge on any atom is 0.347 e. The smallest absolute Gasteiger partial charge is 0.347 e. The van der Waals surface area contributed by atoms with Crippen molar-refractivity contribution in [2.75, 3.05) is 29.2 Å². The number of methoxy groups -OCH3 is 2. The molecular weight excluding hydrogens is 554 g/mol. The monoisotopic (exact) mass is 583 g/mol. The van der Waals surface area contributed by atoms with Crippen molar-refractivity contribution in [2.45, 2.75) is 5.66 Å². The van der Waals surface area contributed by atoms with E-state index in [1.807, 2.05) is 114 Å². The lowest BCUT2D eigenvalue weighted by Gasteiger charge is -2.41. The maximum absolute atomic E-state index is 15.0. The maximum atomic E-state index is 15.0. The summed E-state index contributed by atoms with van der Waals surface area (Å²) < 4.78 is 10.9. The van der Waals surface area contributed by atoms with Crippen LogP contribution in [0.2, 0.25) is 0 Å². The number of nitrogens with zero attached hydrogens (tertiary/aromatic N) is 5. The average Bonchev–Trinajstić information content (AvgIpc) is 3.56. The topological polar surface area (TPSA) is 81.1 Å². The van der Waals surface area contributed by atoms with Crippen LogP contribution < -0.4 is 24.5 Å². The third kappa shape index (κ3) is 4.13. The van der Waals surface area contributed by atoms with Gasteiger partial charge in [-0.15, -0.1) is 0 Å². The van der Waals surface area contributed by atoms with Crippen molar-refractivity contribution in [3.63, 3.8) is 0 Å². The first-order valence-corrected chi connectivity index (χ1v) is 14.1. The standard InChI is InChI=1S/C35H29N5O4/c1-43-31-21-15-28(16-22-31)38-34(42)37(27-13-19-30(41)20-14-27)35(26-11-7-4-8-12-26)33(25-9-5-3-6-10-25)36-39(40(35)38)29-17-23-32(44-2)24-18-29/h3-24,41H,1-2H3. The molecule has 9 nitrogen and oxygen atoms in total. The number of benzene rings is 5. The summed E-state index contributed by atoms with van der Waals surface area (Å²) in [6.07, 6.45) is 0. The lowest BCUT2D eigenvalue weighted by Crippen LogP contribution is -2.58. The molecule has 1 fully saturated rings. The van der Waals surface area contributed by atoms with Crippen molar-refractivity contribution < 1.29 is 19.4 Å². The van der Waals surface area contributed by atoms with Crippen molar-refractivity contribution >= 4 is 28.8 Å². The Kier molecular flexibility index (Phi) is 6.64. The van der Waals surface area contributed by atoms with Gasteiger partial charge in [0.1, 0.15) is 23.0 Å². The zero-order valence-electron chi connectivity index (χ0n) is 24.1. The summed E-state index contributed by atoms with van der Waals surface area (Å²) in [4.78, 5) is 16.7. The number of phenols is 1. The Morgan fingerprint density at radius 1 is 0.636 bits per heavy atom. The molecule has 2 aliphatic rings.